The lowest BCUT2D eigenvalue weighted by Crippen LogP contribution is -2.47. The van der Waals surface area contributed by atoms with E-state index in [0.717, 1.165) is 20.6 Å². The number of hydrogen-bond acceptors (Lipinski definition) is 16. The molecule has 0 saturated carbocycles. The Morgan fingerprint density at radius 1 is 0.431 bits per heavy atom. The molecule has 102 heavy (non-hydrogen) atoms. The molecular weight excluding hydrogens is 1310 g/mol. The summed E-state index contributed by atoms with van der Waals surface area (Å²) in [5.41, 5.74) is -2.97. The molecule has 0 fully saturated rings. The molecule has 4 aromatic heterocycles. The van der Waals surface area contributed by atoms with Gasteiger partial charge >= 0.3 is 6.09 Å². The number of unbranched alkanes of at least 4 members (excludes halogenated alkanes) is 1. The number of hydrogen-bond donors (Lipinski definition) is 5. The standard InChI is InChI=1S/C75H83N11O16/c1-75(2,3)102-74(97)78-41-17-16-32-57-48-79-68(91)60-39-37-58(70(93)85(60)100-51-55-28-12-6-13-29-55)66(89)76-42-22-46-81(72(95)62-33-20-35-64(87)83(62)98-49-53-24-8-4-9-25-53)44-18-19-45-82(73(96)63-34-21-36-65(88)84(63)99-50-54-26-10-5-11-27-54)47-23-43-77-67(90)59-38-40-61(69(92)80-57)86(71(59)94)101-52-56-30-14-7-15-31-56/h4-15,20-21,24-31,33-40,57H,16-19,22-23,32,41-52H2,1-3H3,(H,76,89)(H,77,90)(H,78,97)(H,79,91)(H,80,92)/t57-/m0/s1. The summed E-state index contributed by atoms with van der Waals surface area (Å²) in [4.78, 5) is 183. The van der Waals surface area contributed by atoms with Gasteiger partial charge in [0, 0.05) is 70.5 Å². The Labute approximate surface area is 587 Å². The number of carbonyl (C=O) groups is 7. The molecule has 0 unspecified atom stereocenters. The molecule has 8 aromatic rings. The quantitative estimate of drug-likeness (QED) is 0.0634. The van der Waals surface area contributed by atoms with Gasteiger partial charge in [-0.25, -0.2) is 4.79 Å². The van der Waals surface area contributed by atoms with E-state index in [-0.39, 0.29) is 134 Å². The van der Waals surface area contributed by atoms with E-state index in [2.05, 4.69) is 26.6 Å². The van der Waals surface area contributed by atoms with E-state index in [1.807, 2.05) is 12.1 Å². The smallest absolute Gasteiger partial charge is 0.407 e. The number of pyridine rings is 4. The van der Waals surface area contributed by atoms with Crippen LogP contribution in [-0.4, -0.2) is 134 Å². The van der Waals surface area contributed by atoms with Crippen LogP contribution in [0.4, 0.5) is 4.79 Å². The van der Waals surface area contributed by atoms with Crippen LogP contribution in [0.3, 0.4) is 0 Å². The molecule has 5 N–H and O–H groups in total. The lowest BCUT2D eigenvalue weighted by molar-refractivity contribution is 0.0524. The largest absolute Gasteiger partial charge is 0.444 e. The first kappa shape index (κ1) is 74.2. The van der Waals surface area contributed by atoms with Crippen molar-refractivity contribution in [2.45, 2.75) is 104 Å². The fourth-order valence-corrected chi connectivity index (χ4v) is 10.9. The van der Waals surface area contributed by atoms with Crippen LogP contribution in [0.1, 0.15) is 151 Å². The minimum Gasteiger partial charge on any atom is -0.444 e. The molecule has 3 aliphatic rings. The Bertz CT molecular complexity index is 4440. The number of aromatic nitrogens is 4. The number of amides is 7. The number of alkyl carbamates (subject to hydrolysis) is 1. The van der Waals surface area contributed by atoms with E-state index in [1.165, 1.54) is 70.5 Å². The van der Waals surface area contributed by atoms with Crippen molar-refractivity contribution >= 4 is 41.5 Å². The van der Waals surface area contributed by atoms with Gasteiger partial charge in [0.1, 0.15) is 65.9 Å². The van der Waals surface area contributed by atoms with Crippen LogP contribution in [-0.2, 0) is 31.2 Å². The molecule has 0 aliphatic carbocycles. The molecule has 27 heteroatoms. The van der Waals surface area contributed by atoms with Crippen LogP contribution in [0.5, 0.6) is 0 Å². The third kappa shape index (κ3) is 21.2. The molecule has 0 saturated heterocycles. The van der Waals surface area contributed by atoms with E-state index in [1.54, 1.807) is 130 Å². The average molecular weight is 1390 g/mol. The lowest BCUT2D eigenvalue weighted by Gasteiger charge is -2.26. The summed E-state index contributed by atoms with van der Waals surface area (Å²) in [5.74, 6) is -4.59. The van der Waals surface area contributed by atoms with Crippen molar-refractivity contribution in [3.8, 4) is 0 Å². The predicted molar refractivity (Wildman–Crippen MR) is 376 cm³/mol. The van der Waals surface area contributed by atoms with Gasteiger partial charge in [-0.15, -0.1) is 18.9 Å². The van der Waals surface area contributed by atoms with Gasteiger partial charge in [-0.3, -0.25) is 47.9 Å². The van der Waals surface area contributed by atoms with Crippen LogP contribution in [0.15, 0.2) is 201 Å². The zero-order chi connectivity index (χ0) is 72.4. The first-order valence-electron chi connectivity index (χ1n) is 33.7. The van der Waals surface area contributed by atoms with E-state index in [0.29, 0.717) is 33.4 Å². The molecule has 7 heterocycles. The molecule has 534 valence electrons. The highest BCUT2D eigenvalue weighted by molar-refractivity contribution is 5.98. The van der Waals surface area contributed by atoms with Crippen molar-refractivity contribution in [1.29, 1.82) is 0 Å². The summed E-state index contributed by atoms with van der Waals surface area (Å²) in [5, 5.41) is 13.9. The molecule has 7 amide bonds. The minimum atomic E-state index is -1.00. The maximum Gasteiger partial charge on any atom is 0.407 e. The van der Waals surface area contributed by atoms with Crippen LogP contribution in [0, 0.1) is 0 Å². The monoisotopic (exact) mass is 1390 g/mol. The highest BCUT2D eigenvalue weighted by Gasteiger charge is 2.28. The molecule has 4 bridgehead atoms. The molecule has 4 aromatic carbocycles. The Kier molecular flexibility index (Phi) is 26.7. The normalized spacial score (nSPS) is 14.6. The van der Waals surface area contributed by atoms with Crippen molar-refractivity contribution in [3.05, 3.63) is 280 Å². The average Bonchev–Trinajstić information content (AvgIpc) is 0.812. The van der Waals surface area contributed by atoms with Crippen molar-refractivity contribution in [2.24, 2.45) is 0 Å². The van der Waals surface area contributed by atoms with Crippen LogP contribution in [0.25, 0.3) is 0 Å². The number of rotatable bonds is 19. The summed E-state index contributed by atoms with van der Waals surface area (Å²) in [6.45, 7) is 4.39. The van der Waals surface area contributed by atoms with E-state index >= 15 is 0 Å². The second kappa shape index (κ2) is 36.7. The van der Waals surface area contributed by atoms with Gasteiger partial charge < -0.3 is 60.5 Å². The zero-order valence-electron chi connectivity index (χ0n) is 57.0. The SMILES string of the molecule is CC(C)(C)OC(=O)NCCCC[C@H]1CNC(=O)c2ccc(c(=O)n2OCc2ccccc2)C(=O)NCCCN(C(=O)c2cccc(=O)n2OCc2ccccc2)CCCCN(C(=O)c2cccc(=O)n2OCc2ccccc2)CCCNC(=O)c2ccc(n(OCc3ccccc3)c2=O)C(=O)N1. The molecule has 1 atom stereocenters. The fourth-order valence-electron chi connectivity index (χ4n) is 10.9. The van der Waals surface area contributed by atoms with Crippen molar-refractivity contribution in [3.63, 3.8) is 0 Å². The van der Waals surface area contributed by atoms with Crippen LogP contribution >= 0.6 is 0 Å². The Morgan fingerprint density at radius 3 is 1.24 bits per heavy atom. The fraction of sp³-hybridized carbons (Fsp3) is 0.320. The third-order valence-corrected chi connectivity index (χ3v) is 16.1. The number of carbonyl (C=O) groups excluding carboxylic acids is 7. The molecule has 0 radical (unpaired) electrons. The van der Waals surface area contributed by atoms with Gasteiger partial charge in [-0.05, 0) is 124 Å². The van der Waals surface area contributed by atoms with Gasteiger partial charge in [0.2, 0.25) is 0 Å². The summed E-state index contributed by atoms with van der Waals surface area (Å²) in [6, 6.07) is 47.7. The first-order valence-corrected chi connectivity index (χ1v) is 33.7. The second-order valence-electron chi connectivity index (χ2n) is 24.9. The maximum atomic E-state index is 14.9. The number of fused-ring (bicyclic) bond motifs is 2. The Morgan fingerprint density at radius 2 is 0.824 bits per heavy atom. The van der Waals surface area contributed by atoms with Gasteiger partial charge in [0.15, 0.2) is 0 Å². The predicted octanol–water partition coefficient (Wildman–Crippen LogP) is 5.39. The summed E-state index contributed by atoms with van der Waals surface area (Å²) < 4.78 is 8.64. The van der Waals surface area contributed by atoms with Crippen LogP contribution in [0.2, 0.25) is 0 Å². The number of benzene rings is 4. The van der Waals surface area contributed by atoms with Gasteiger partial charge in [-0.2, -0.15) is 0 Å². The summed E-state index contributed by atoms with van der Waals surface area (Å²) >= 11 is 0. The maximum absolute atomic E-state index is 14.9. The summed E-state index contributed by atoms with van der Waals surface area (Å²) in [6.07, 6.45) is 0.997. The van der Waals surface area contributed by atoms with Gasteiger partial charge in [0.05, 0.1) is 0 Å². The van der Waals surface area contributed by atoms with Gasteiger partial charge in [-0.1, -0.05) is 133 Å². The zero-order valence-corrected chi connectivity index (χ0v) is 57.0. The molecule has 27 nitrogen and oxygen atoms in total. The number of nitrogens with one attached hydrogen (secondary N) is 5. The van der Waals surface area contributed by atoms with Crippen LogP contribution < -0.4 is 68.2 Å². The number of nitrogens with zero attached hydrogens (tertiary/aromatic N) is 6. The highest BCUT2D eigenvalue weighted by Crippen LogP contribution is 2.15. The summed E-state index contributed by atoms with van der Waals surface area (Å²) in [7, 11) is 0. The molecule has 11 rings (SSSR count). The molecular formula is C75H83N11O16. The minimum absolute atomic E-state index is 0.0147. The lowest BCUT2D eigenvalue weighted by atomic mass is 10.1. The highest BCUT2D eigenvalue weighted by atomic mass is 16.7. The van der Waals surface area contributed by atoms with E-state index < -0.39 is 86.5 Å². The second-order valence-corrected chi connectivity index (χ2v) is 24.9. The number of ether oxygens (including phenoxy) is 1. The third-order valence-electron chi connectivity index (χ3n) is 16.1. The molecule has 0 spiro atoms. The van der Waals surface area contributed by atoms with Crippen molar-refractivity contribution < 1.29 is 57.6 Å². The topological polar surface area (TPSA) is 320 Å². The van der Waals surface area contributed by atoms with Crippen molar-refractivity contribution in [2.75, 3.05) is 52.4 Å². The molecule has 3 aliphatic heterocycles. The van der Waals surface area contributed by atoms with Crippen molar-refractivity contribution in [1.82, 2.24) is 55.3 Å². The van der Waals surface area contributed by atoms with E-state index in [4.69, 9.17) is 24.1 Å². The Balaban J connectivity index is 1.05. The Hall–Kier alpha value is -12.0. The van der Waals surface area contributed by atoms with E-state index in [9.17, 15) is 52.7 Å². The first-order chi connectivity index (χ1) is 49.3. The van der Waals surface area contributed by atoms with Gasteiger partial charge in [0.25, 0.3) is 57.7 Å².